The van der Waals surface area contributed by atoms with Crippen molar-refractivity contribution in [1.82, 2.24) is 14.8 Å². The Bertz CT molecular complexity index is 289. The number of aromatic nitrogens is 3. The van der Waals surface area contributed by atoms with Gasteiger partial charge in [0.1, 0.15) is 0 Å². The van der Waals surface area contributed by atoms with Gasteiger partial charge in [-0.1, -0.05) is 11.8 Å². The highest BCUT2D eigenvalue weighted by atomic mass is 32.2. The summed E-state index contributed by atoms with van der Waals surface area (Å²) in [5, 5.41) is 13.5. The lowest BCUT2D eigenvalue weighted by Crippen LogP contribution is -1.96. The Balaban J connectivity index is 2.29. The van der Waals surface area contributed by atoms with E-state index in [4.69, 9.17) is 5.26 Å². The zero-order valence-electron chi connectivity index (χ0n) is 5.82. The molecule has 0 spiro atoms. The van der Waals surface area contributed by atoms with Gasteiger partial charge in [-0.05, 0) is 0 Å². The number of hydrogen-bond donors (Lipinski definition) is 0. The summed E-state index contributed by atoms with van der Waals surface area (Å²) in [6.45, 7) is 0.929. The average Bonchev–Trinajstić information content (AvgIpc) is 2.46. The van der Waals surface area contributed by atoms with Crippen LogP contribution in [0, 0.1) is 11.3 Å². The second-order valence-electron chi connectivity index (χ2n) is 2.22. The molecule has 0 aromatic carbocycles. The summed E-state index contributed by atoms with van der Waals surface area (Å²) in [4.78, 5) is 4.17. The van der Waals surface area contributed by atoms with Crippen molar-refractivity contribution < 1.29 is 0 Å². The Morgan fingerprint density at radius 1 is 1.73 bits per heavy atom. The third-order valence-electron chi connectivity index (χ3n) is 1.45. The van der Waals surface area contributed by atoms with E-state index in [9.17, 15) is 0 Å². The molecular weight excluding hydrogens is 160 g/mol. The van der Waals surface area contributed by atoms with Crippen molar-refractivity contribution in [3.8, 4) is 6.07 Å². The molecule has 1 aliphatic rings. The minimum absolute atomic E-state index is 0.320. The van der Waals surface area contributed by atoms with Gasteiger partial charge in [-0.3, -0.25) is 0 Å². The second kappa shape index (κ2) is 2.55. The number of fused-ring (bicyclic) bond motifs is 1. The van der Waals surface area contributed by atoms with Gasteiger partial charge < -0.3 is 0 Å². The van der Waals surface area contributed by atoms with Crippen molar-refractivity contribution in [2.75, 3.05) is 5.75 Å². The molecule has 4 nitrogen and oxygen atoms in total. The van der Waals surface area contributed by atoms with Crippen LogP contribution in [0.4, 0.5) is 0 Å². The largest absolute Gasteiger partial charge is 0.240 e. The molecular formula is C6H6N4S. The molecule has 0 fully saturated rings. The fourth-order valence-electron chi connectivity index (χ4n) is 0.994. The number of nitriles is 1. The highest BCUT2D eigenvalue weighted by Crippen LogP contribution is 2.22. The number of hydrogen-bond acceptors (Lipinski definition) is 4. The first-order valence-electron chi connectivity index (χ1n) is 3.33. The Labute approximate surface area is 68.2 Å². The number of rotatable bonds is 1. The summed E-state index contributed by atoms with van der Waals surface area (Å²) >= 11 is 1.69. The van der Waals surface area contributed by atoms with Crippen LogP contribution in [0.2, 0.25) is 0 Å². The maximum Gasteiger partial charge on any atom is 0.186 e. The molecule has 0 saturated carbocycles. The van der Waals surface area contributed by atoms with Gasteiger partial charge in [-0.25, -0.2) is 9.67 Å². The van der Waals surface area contributed by atoms with Gasteiger partial charge in [0, 0.05) is 5.75 Å². The second-order valence-corrected chi connectivity index (χ2v) is 3.28. The van der Waals surface area contributed by atoms with E-state index < -0.39 is 0 Å². The molecule has 0 saturated heterocycles. The van der Waals surface area contributed by atoms with Crippen LogP contribution in [0.25, 0.3) is 0 Å². The number of thioether (sulfide) groups is 1. The van der Waals surface area contributed by atoms with E-state index in [1.165, 1.54) is 0 Å². The molecule has 0 atom stereocenters. The highest BCUT2D eigenvalue weighted by Gasteiger charge is 2.15. The SMILES string of the molecule is N#CCc1nc2n(n1)CCS2. The van der Waals surface area contributed by atoms with Crippen LogP contribution in [0.1, 0.15) is 5.82 Å². The van der Waals surface area contributed by atoms with Crippen molar-refractivity contribution in [3.05, 3.63) is 5.82 Å². The lowest BCUT2D eigenvalue weighted by atomic mass is 10.5. The molecule has 1 aliphatic heterocycles. The molecule has 0 amide bonds. The van der Waals surface area contributed by atoms with E-state index in [1.54, 1.807) is 11.8 Å². The van der Waals surface area contributed by atoms with E-state index in [2.05, 4.69) is 10.1 Å². The lowest BCUT2D eigenvalue weighted by Gasteiger charge is -1.86. The van der Waals surface area contributed by atoms with Crippen LogP contribution in [-0.4, -0.2) is 20.5 Å². The molecule has 1 aromatic rings. The molecule has 0 radical (unpaired) electrons. The van der Waals surface area contributed by atoms with Crippen LogP contribution in [-0.2, 0) is 13.0 Å². The standard InChI is InChI=1S/C6H6N4S/c7-2-1-5-8-6-10(9-5)3-4-11-6/h1,3-4H2. The third kappa shape index (κ3) is 1.10. The molecule has 11 heavy (non-hydrogen) atoms. The van der Waals surface area contributed by atoms with E-state index >= 15 is 0 Å². The molecule has 5 heteroatoms. The van der Waals surface area contributed by atoms with Gasteiger partial charge in [-0.2, -0.15) is 10.4 Å². The van der Waals surface area contributed by atoms with Crippen molar-refractivity contribution in [3.63, 3.8) is 0 Å². The van der Waals surface area contributed by atoms with Gasteiger partial charge in [0.15, 0.2) is 11.0 Å². The molecule has 2 heterocycles. The zero-order chi connectivity index (χ0) is 7.68. The predicted octanol–water partition coefficient (Wildman–Crippen LogP) is 0.450. The Hall–Kier alpha value is -1.02. The predicted molar refractivity (Wildman–Crippen MR) is 40.1 cm³/mol. The quantitative estimate of drug-likeness (QED) is 0.607. The first-order valence-corrected chi connectivity index (χ1v) is 4.32. The summed E-state index contributed by atoms with van der Waals surface area (Å²) in [6, 6.07) is 2.03. The van der Waals surface area contributed by atoms with E-state index in [1.807, 2.05) is 10.8 Å². The van der Waals surface area contributed by atoms with Crippen LogP contribution in [0.3, 0.4) is 0 Å². The van der Waals surface area contributed by atoms with Gasteiger partial charge in [0.05, 0.1) is 19.0 Å². The maximum absolute atomic E-state index is 8.36. The average molecular weight is 166 g/mol. The smallest absolute Gasteiger partial charge is 0.186 e. The molecule has 0 bridgehead atoms. The van der Waals surface area contributed by atoms with Gasteiger partial charge in [0.25, 0.3) is 0 Å². The summed E-state index contributed by atoms with van der Waals surface area (Å²) in [5.74, 6) is 1.71. The fourth-order valence-corrected chi connectivity index (χ4v) is 1.89. The zero-order valence-corrected chi connectivity index (χ0v) is 6.63. The summed E-state index contributed by atoms with van der Waals surface area (Å²) in [5.41, 5.74) is 0. The topological polar surface area (TPSA) is 54.5 Å². The number of aryl methyl sites for hydroxylation is 1. The summed E-state index contributed by atoms with van der Waals surface area (Å²) in [6.07, 6.45) is 0.320. The van der Waals surface area contributed by atoms with Crippen LogP contribution < -0.4 is 0 Å². The van der Waals surface area contributed by atoms with Gasteiger partial charge >= 0.3 is 0 Å². The van der Waals surface area contributed by atoms with E-state index in [0.717, 1.165) is 17.5 Å². The van der Waals surface area contributed by atoms with Crippen LogP contribution in [0.15, 0.2) is 5.16 Å². The van der Waals surface area contributed by atoms with Crippen molar-refractivity contribution in [2.24, 2.45) is 0 Å². The van der Waals surface area contributed by atoms with E-state index in [-0.39, 0.29) is 0 Å². The minimum atomic E-state index is 0.320. The third-order valence-corrected chi connectivity index (χ3v) is 2.40. The van der Waals surface area contributed by atoms with Crippen LogP contribution in [0.5, 0.6) is 0 Å². The normalized spacial score (nSPS) is 14.5. The molecule has 0 N–H and O–H groups in total. The van der Waals surface area contributed by atoms with Crippen molar-refractivity contribution >= 4 is 11.8 Å². The summed E-state index contributed by atoms with van der Waals surface area (Å²) in [7, 11) is 0. The van der Waals surface area contributed by atoms with E-state index in [0.29, 0.717) is 12.2 Å². The van der Waals surface area contributed by atoms with Gasteiger partial charge in [-0.15, -0.1) is 0 Å². The fraction of sp³-hybridized carbons (Fsp3) is 0.500. The minimum Gasteiger partial charge on any atom is -0.240 e. The molecule has 56 valence electrons. The van der Waals surface area contributed by atoms with Gasteiger partial charge in [0.2, 0.25) is 0 Å². The first kappa shape index (κ1) is 6.68. The number of nitrogens with zero attached hydrogens (tertiary/aromatic N) is 4. The maximum atomic E-state index is 8.36. The van der Waals surface area contributed by atoms with Crippen molar-refractivity contribution in [2.45, 2.75) is 18.1 Å². The molecule has 0 aliphatic carbocycles. The lowest BCUT2D eigenvalue weighted by molar-refractivity contribution is 0.621. The molecule has 2 rings (SSSR count). The Kier molecular flexibility index (Phi) is 1.55. The Morgan fingerprint density at radius 2 is 2.64 bits per heavy atom. The summed E-state index contributed by atoms with van der Waals surface area (Å²) < 4.78 is 1.86. The van der Waals surface area contributed by atoms with Crippen LogP contribution >= 0.6 is 11.8 Å². The van der Waals surface area contributed by atoms with Crippen molar-refractivity contribution in [1.29, 1.82) is 5.26 Å². The monoisotopic (exact) mass is 166 g/mol. The highest BCUT2D eigenvalue weighted by molar-refractivity contribution is 7.99. The molecule has 0 unspecified atom stereocenters. The Morgan fingerprint density at radius 3 is 3.36 bits per heavy atom. The first-order chi connectivity index (χ1) is 5.40. The molecule has 1 aromatic heterocycles.